The molecule has 38 heavy (non-hydrogen) atoms. The Labute approximate surface area is 224 Å². The third-order valence-corrected chi connectivity index (χ3v) is 8.56. The molecule has 0 radical (unpaired) electrons. The van der Waals surface area contributed by atoms with Crippen LogP contribution in [0.2, 0.25) is 0 Å². The summed E-state index contributed by atoms with van der Waals surface area (Å²) in [4.78, 5) is 10.3. The lowest BCUT2D eigenvalue weighted by Crippen LogP contribution is -2.25. The lowest BCUT2D eigenvalue weighted by molar-refractivity contribution is 0.230. The number of nitrogens with one attached hydrogen (secondary N) is 1. The summed E-state index contributed by atoms with van der Waals surface area (Å²) in [6.45, 7) is 9.25. The maximum absolute atomic E-state index is 13.5. The molecule has 0 unspecified atom stereocenters. The van der Waals surface area contributed by atoms with Crippen molar-refractivity contribution in [1.82, 2.24) is 9.88 Å². The van der Waals surface area contributed by atoms with E-state index >= 15 is 0 Å². The van der Waals surface area contributed by atoms with Crippen molar-refractivity contribution in [3.05, 3.63) is 89.5 Å². The van der Waals surface area contributed by atoms with E-state index in [9.17, 15) is 9.67 Å². The second-order valence-electron chi connectivity index (χ2n) is 9.41. The number of aliphatic imine (C=N–C) groups is 1. The van der Waals surface area contributed by atoms with Gasteiger partial charge in [0, 0.05) is 29.1 Å². The Morgan fingerprint density at radius 3 is 2.26 bits per heavy atom. The summed E-state index contributed by atoms with van der Waals surface area (Å²) in [6.07, 6.45) is 0. The van der Waals surface area contributed by atoms with E-state index in [0.29, 0.717) is 33.5 Å². The van der Waals surface area contributed by atoms with Crippen LogP contribution >= 0.6 is 7.60 Å². The van der Waals surface area contributed by atoms with E-state index in [4.69, 9.17) is 14.0 Å². The van der Waals surface area contributed by atoms with Crippen molar-refractivity contribution in [3.8, 4) is 5.88 Å². The van der Waals surface area contributed by atoms with E-state index < -0.39 is 7.60 Å². The van der Waals surface area contributed by atoms with Crippen LogP contribution in [0.1, 0.15) is 44.4 Å². The van der Waals surface area contributed by atoms with Crippen LogP contribution in [0.5, 0.6) is 5.88 Å². The first-order chi connectivity index (χ1) is 18.3. The third kappa shape index (κ3) is 6.08. The number of nitrogens with zero attached hydrogens (tertiary/aromatic N) is 2. The van der Waals surface area contributed by atoms with Gasteiger partial charge in [0.05, 0.1) is 35.5 Å². The van der Waals surface area contributed by atoms with Gasteiger partial charge in [-0.25, -0.2) is 4.99 Å². The van der Waals surface area contributed by atoms with Crippen LogP contribution in [0, 0.1) is 0 Å². The minimum absolute atomic E-state index is 0.0161. The Morgan fingerprint density at radius 1 is 1.00 bits per heavy atom. The highest BCUT2D eigenvalue weighted by molar-refractivity contribution is 7.62. The van der Waals surface area contributed by atoms with Crippen LogP contribution in [0.25, 0.3) is 10.9 Å². The van der Waals surface area contributed by atoms with Crippen molar-refractivity contribution < 1.29 is 18.7 Å². The second-order valence-corrected chi connectivity index (χ2v) is 11.4. The van der Waals surface area contributed by atoms with Crippen LogP contribution < -0.4 is 5.30 Å². The summed E-state index contributed by atoms with van der Waals surface area (Å²) in [6, 6.07) is 23.6. The number of benzene rings is 3. The smallest absolute Gasteiger partial charge is 0.361 e. The van der Waals surface area contributed by atoms with Gasteiger partial charge in [-0.05, 0) is 70.6 Å². The average Bonchev–Trinajstić information content (AvgIpc) is 3.23. The fourth-order valence-electron chi connectivity index (χ4n) is 4.24. The highest BCUT2D eigenvalue weighted by atomic mass is 31.2. The van der Waals surface area contributed by atoms with Crippen molar-refractivity contribution in [2.45, 2.75) is 40.3 Å². The SMILES string of the molecule is CCOP(=O)(OCC)c1ccc2[nH]c(O)c(C(=Nc3ccc(CN(C)C(C)C)cc3)c3ccccc3)c2c1. The molecule has 0 aliphatic carbocycles. The summed E-state index contributed by atoms with van der Waals surface area (Å²) in [5.74, 6) is -0.0161. The van der Waals surface area contributed by atoms with Crippen LogP contribution in [0.4, 0.5) is 5.69 Å². The van der Waals surface area contributed by atoms with Crippen LogP contribution in [0.3, 0.4) is 0 Å². The van der Waals surface area contributed by atoms with E-state index in [1.54, 1.807) is 32.0 Å². The first-order valence-electron chi connectivity index (χ1n) is 12.9. The molecule has 0 amide bonds. The standard InChI is InChI=1S/C30H36N3O4P/c1-6-36-38(35,37-7-2)25-17-18-27-26(19-25)28(30(34)32-27)29(23-11-9-8-10-12-23)31-24-15-13-22(14-16-24)20-33(5)21(3)4/h8-19,21,32,34H,6-7,20H2,1-5H3. The van der Waals surface area contributed by atoms with Gasteiger partial charge in [-0.2, -0.15) is 0 Å². The molecule has 0 spiro atoms. The molecule has 7 nitrogen and oxygen atoms in total. The molecular weight excluding hydrogens is 497 g/mol. The molecule has 0 saturated heterocycles. The summed E-state index contributed by atoms with van der Waals surface area (Å²) in [5.41, 5.74) is 4.62. The number of rotatable bonds is 11. The van der Waals surface area contributed by atoms with Crippen molar-refractivity contribution >= 4 is 35.2 Å². The van der Waals surface area contributed by atoms with E-state index in [2.05, 4.69) is 42.9 Å². The van der Waals surface area contributed by atoms with Gasteiger partial charge in [-0.3, -0.25) is 9.46 Å². The maximum atomic E-state index is 13.5. The van der Waals surface area contributed by atoms with Crippen LogP contribution in [-0.2, 0) is 20.2 Å². The molecule has 0 bridgehead atoms. The zero-order valence-electron chi connectivity index (χ0n) is 22.6. The quantitative estimate of drug-likeness (QED) is 0.164. The van der Waals surface area contributed by atoms with Gasteiger partial charge in [-0.15, -0.1) is 0 Å². The van der Waals surface area contributed by atoms with Gasteiger partial charge in [0.2, 0.25) is 0 Å². The molecule has 0 saturated carbocycles. The molecule has 2 N–H and O–H groups in total. The molecule has 8 heteroatoms. The highest BCUT2D eigenvalue weighted by Crippen LogP contribution is 2.47. The third-order valence-electron chi connectivity index (χ3n) is 6.45. The predicted molar refractivity (Wildman–Crippen MR) is 155 cm³/mol. The summed E-state index contributed by atoms with van der Waals surface area (Å²) in [5, 5.41) is 12.2. The van der Waals surface area contributed by atoms with E-state index in [1.807, 2.05) is 42.5 Å². The van der Waals surface area contributed by atoms with Crippen molar-refractivity contribution in [2.75, 3.05) is 20.3 Å². The van der Waals surface area contributed by atoms with Crippen molar-refractivity contribution in [3.63, 3.8) is 0 Å². The molecule has 0 aliphatic heterocycles. The Kier molecular flexibility index (Phi) is 8.85. The lowest BCUT2D eigenvalue weighted by Gasteiger charge is -2.20. The number of H-pyrrole nitrogens is 1. The average molecular weight is 534 g/mol. The lowest BCUT2D eigenvalue weighted by atomic mass is 10.0. The first kappa shape index (κ1) is 27.8. The van der Waals surface area contributed by atoms with Gasteiger partial charge < -0.3 is 19.1 Å². The molecule has 0 aliphatic rings. The molecular formula is C30H36N3O4P. The molecule has 0 fully saturated rings. The molecule has 0 atom stereocenters. The fourth-order valence-corrected chi connectivity index (χ4v) is 5.84. The van der Waals surface area contributed by atoms with E-state index in [1.165, 1.54) is 5.56 Å². The van der Waals surface area contributed by atoms with Crippen LogP contribution in [-0.4, -0.2) is 47.0 Å². The monoisotopic (exact) mass is 533 g/mol. The molecule has 1 heterocycles. The molecule has 3 aromatic carbocycles. The number of hydrogen-bond acceptors (Lipinski definition) is 6. The Bertz CT molecular complexity index is 1440. The molecule has 200 valence electrons. The summed E-state index contributed by atoms with van der Waals surface area (Å²) in [7, 11) is -1.41. The Balaban J connectivity index is 1.84. The second kappa shape index (κ2) is 12.1. The number of aromatic hydroxyl groups is 1. The zero-order chi connectivity index (χ0) is 27.3. The highest BCUT2D eigenvalue weighted by Gasteiger charge is 2.28. The number of aromatic amines is 1. The minimum atomic E-state index is -3.52. The van der Waals surface area contributed by atoms with Gasteiger partial charge in [0.25, 0.3) is 0 Å². The van der Waals surface area contributed by atoms with E-state index in [-0.39, 0.29) is 19.1 Å². The topological polar surface area (TPSA) is 87.1 Å². The van der Waals surface area contributed by atoms with E-state index in [0.717, 1.165) is 17.8 Å². The van der Waals surface area contributed by atoms with Gasteiger partial charge in [0.15, 0.2) is 5.88 Å². The van der Waals surface area contributed by atoms with Gasteiger partial charge in [0.1, 0.15) is 0 Å². The summed E-state index contributed by atoms with van der Waals surface area (Å²) < 4.78 is 24.7. The maximum Gasteiger partial charge on any atom is 0.361 e. The van der Waals surface area contributed by atoms with Gasteiger partial charge >= 0.3 is 7.60 Å². The Hall–Kier alpha value is -3.22. The fraction of sp³-hybridized carbons (Fsp3) is 0.300. The number of aromatic nitrogens is 1. The zero-order valence-corrected chi connectivity index (χ0v) is 23.5. The molecule has 4 rings (SSSR count). The minimum Gasteiger partial charge on any atom is -0.494 e. The van der Waals surface area contributed by atoms with Crippen molar-refractivity contribution in [2.24, 2.45) is 4.99 Å². The van der Waals surface area contributed by atoms with Crippen molar-refractivity contribution in [1.29, 1.82) is 0 Å². The largest absolute Gasteiger partial charge is 0.494 e. The number of hydrogen-bond donors (Lipinski definition) is 2. The first-order valence-corrected chi connectivity index (χ1v) is 14.5. The Morgan fingerprint density at radius 2 is 1.66 bits per heavy atom. The predicted octanol–water partition coefficient (Wildman–Crippen LogP) is 6.77. The number of fused-ring (bicyclic) bond motifs is 1. The normalized spacial score (nSPS) is 12.7. The van der Waals surface area contributed by atoms with Gasteiger partial charge in [-0.1, -0.05) is 42.5 Å². The van der Waals surface area contributed by atoms with Crippen LogP contribution in [0.15, 0.2) is 77.8 Å². The molecule has 1 aromatic heterocycles. The summed E-state index contributed by atoms with van der Waals surface area (Å²) >= 11 is 0. The molecule has 4 aromatic rings.